The molecule has 1 saturated carbocycles. The Bertz CT molecular complexity index is 1920. The molecule has 0 atom stereocenters. The van der Waals surface area contributed by atoms with Gasteiger partial charge in [0.1, 0.15) is 10.5 Å². The molecule has 6 nitrogen and oxygen atoms in total. The number of H-pyrrole nitrogens is 1. The maximum absolute atomic E-state index is 13.9. The van der Waals surface area contributed by atoms with Crippen LogP contribution in [0.3, 0.4) is 0 Å². The molecule has 8 heteroatoms. The summed E-state index contributed by atoms with van der Waals surface area (Å²) in [4.78, 5) is 20.8. The van der Waals surface area contributed by atoms with E-state index in [1.54, 1.807) is 0 Å². The monoisotopic (exact) mass is 499 g/mol. The van der Waals surface area contributed by atoms with Gasteiger partial charge in [-0.1, -0.05) is 24.8 Å². The van der Waals surface area contributed by atoms with Crippen LogP contribution in [0.1, 0.15) is 42.9 Å². The molecule has 6 rings (SSSR count). The third-order valence-electron chi connectivity index (χ3n) is 7.26. The topological polar surface area (TPSA) is 84.8 Å². The lowest BCUT2D eigenvalue weighted by molar-refractivity contribution is 0.545. The molecule has 5 aromatic rings. The van der Waals surface area contributed by atoms with Crippen LogP contribution in [0.2, 0.25) is 0 Å². The predicted molar refractivity (Wildman–Crippen MR) is 139 cm³/mol. The molecule has 1 N–H and O–H groups in total. The number of pyridine rings is 2. The van der Waals surface area contributed by atoms with Crippen LogP contribution in [-0.4, -0.2) is 23.0 Å². The Hall–Kier alpha value is -3.96. The van der Waals surface area contributed by atoms with Gasteiger partial charge in [0.2, 0.25) is 0 Å². The van der Waals surface area contributed by atoms with Gasteiger partial charge in [0.05, 0.1) is 10.9 Å². The van der Waals surface area contributed by atoms with E-state index in [-0.39, 0.29) is 11.5 Å². The number of nitrogens with zero attached hydrogens (tertiary/aromatic N) is 2. The van der Waals surface area contributed by atoms with Crippen molar-refractivity contribution in [2.45, 2.75) is 43.5 Å². The zero-order valence-electron chi connectivity index (χ0n) is 19.5. The lowest BCUT2D eigenvalue weighted by atomic mass is 9.97. The Morgan fingerprint density at radius 1 is 1.11 bits per heavy atom. The van der Waals surface area contributed by atoms with Crippen LogP contribution in [0.4, 0.5) is 3.89 Å². The van der Waals surface area contributed by atoms with E-state index in [1.807, 2.05) is 37.3 Å². The van der Waals surface area contributed by atoms with Crippen molar-refractivity contribution in [3.05, 3.63) is 70.1 Å². The molecule has 0 aliphatic heterocycles. The number of aromatic amines is 1. The van der Waals surface area contributed by atoms with Crippen LogP contribution in [0.25, 0.3) is 44.0 Å². The molecule has 2 aromatic carbocycles. The molecule has 3 aromatic heterocycles. The Balaban J connectivity index is 1.73. The van der Waals surface area contributed by atoms with Gasteiger partial charge in [0.25, 0.3) is 0 Å². The number of benzene rings is 2. The number of terminal acetylenes is 1. The van der Waals surface area contributed by atoms with Crippen LogP contribution in [-0.2, 0) is 10.2 Å². The van der Waals surface area contributed by atoms with E-state index >= 15 is 0 Å². The van der Waals surface area contributed by atoms with Crippen molar-refractivity contribution >= 4 is 43.1 Å². The Kier molecular flexibility index (Phi) is 5.02. The van der Waals surface area contributed by atoms with Crippen LogP contribution < -0.4 is 5.43 Å². The van der Waals surface area contributed by atoms with Gasteiger partial charge in [-0.25, -0.2) is 0 Å². The van der Waals surface area contributed by atoms with Gasteiger partial charge in [0, 0.05) is 45.9 Å². The van der Waals surface area contributed by atoms with Crippen molar-refractivity contribution < 1.29 is 12.3 Å². The molecular weight excluding hydrogens is 477 g/mol. The molecule has 36 heavy (non-hydrogen) atoms. The van der Waals surface area contributed by atoms with Crippen LogP contribution in [0, 0.1) is 19.3 Å². The average molecular weight is 500 g/mol. The molecule has 180 valence electrons. The summed E-state index contributed by atoms with van der Waals surface area (Å²) in [6.07, 6.45) is 12.3. The maximum atomic E-state index is 13.9. The molecule has 3 heterocycles. The molecule has 0 unspecified atom stereocenters. The molecule has 1 aliphatic rings. The first-order valence-electron chi connectivity index (χ1n) is 11.8. The number of rotatable bonds is 3. The quantitative estimate of drug-likeness (QED) is 0.253. The number of aromatic nitrogens is 3. The van der Waals surface area contributed by atoms with Crippen LogP contribution in [0.5, 0.6) is 0 Å². The molecule has 0 saturated heterocycles. The van der Waals surface area contributed by atoms with E-state index in [0.29, 0.717) is 21.9 Å². The fourth-order valence-corrected chi connectivity index (χ4v) is 6.02. The highest BCUT2D eigenvalue weighted by atomic mass is 32.3. The van der Waals surface area contributed by atoms with E-state index in [2.05, 4.69) is 20.5 Å². The first kappa shape index (κ1) is 22.5. The summed E-state index contributed by atoms with van der Waals surface area (Å²) in [6.45, 7) is 1.85. The van der Waals surface area contributed by atoms with E-state index in [4.69, 9.17) is 6.42 Å². The zero-order valence-corrected chi connectivity index (χ0v) is 20.3. The van der Waals surface area contributed by atoms with Gasteiger partial charge in [-0.3, -0.25) is 9.78 Å². The minimum Gasteiger partial charge on any atom is -0.340 e. The van der Waals surface area contributed by atoms with E-state index < -0.39 is 15.1 Å². The highest BCUT2D eigenvalue weighted by Gasteiger charge is 2.25. The summed E-state index contributed by atoms with van der Waals surface area (Å²) < 4.78 is 38.9. The second-order valence-corrected chi connectivity index (χ2v) is 10.8. The maximum Gasteiger partial charge on any atom is 0.333 e. The Morgan fingerprint density at radius 2 is 1.89 bits per heavy atom. The first-order valence-corrected chi connectivity index (χ1v) is 13.2. The molecule has 0 spiro atoms. The van der Waals surface area contributed by atoms with Crippen molar-refractivity contribution in [1.82, 2.24) is 14.5 Å². The number of hydrogen-bond acceptors (Lipinski definition) is 4. The summed E-state index contributed by atoms with van der Waals surface area (Å²) in [5.74, 6) is 2.65. The predicted octanol–water partition coefficient (Wildman–Crippen LogP) is 5.76. The van der Waals surface area contributed by atoms with Gasteiger partial charge < -0.3 is 9.55 Å². The first-order chi connectivity index (χ1) is 17.3. The summed E-state index contributed by atoms with van der Waals surface area (Å²) in [5, 5.41) is 2.04. The molecule has 0 bridgehead atoms. The highest BCUT2D eigenvalue weighted by Crippen LogP contribution is 2.38. The summed E-state index contributed by atoms with van der Waals surface area (Å²) >= 11 is 0. The molecule has 1 aliphatic carbocycles. The number of nitrogens with one attached hydrogen (secondary N) is 1. The number of aryl methyl sites for hydroxylation is 1. The minimum absolute atomic E-state index is 0.0817. The molecule has 0 radical (unpaired) electrons. The summed E-state index contributed by atoms with van der Waals surface area (Å²) in [5.41, 5.74) is 4.87. The fourth-order valence-electron chi connectivity index (χ4n) is 5.57. The minimum atomic E-state index is -4.90. The molecule has 0 amide bonds. The van der Waals surface area contributed by atoms with Gasteiger partial charge in [-0.15, -0.1) is 10.3 Å². The Labute approximate surface area is 207 Å². The standard InChI is InChI=1S/C28H22FN3O3S/c1-3-17-8-9-21-24(11-17)31-28-26(21)27(33)23-10-16(2)22(13-25(23)32(28)19-6-4-5-7-19)18-12-20(15-30-14-18)36(29,34)35/h1,8-15,19,31H,4-7H2,2H3. The highest BCUT2D eigenvalue weighted by molar-refractivity contribution is 7.86. The van der Waals surface area contributed by atoms with Crippen LogP contribution in [0.15, 0.2) is 58.5 Å². The van der Waals surface area contributed by atoms with E-state index in [9.17, 15) is 17.1 Å². The van der Waals surface area contributed by atoms with Gasteiger partial charge in [-0.05, 0) is 61.2 Å². The SMILES string of the molecule is C#Cc1ccc2c(c1)[nH]c1c2c(=O)c2cc(C)c(-c3cncc(S(=O)(=O)F)c3)cc2n1C1CCCC1. The number of fused-ring (bicyclic) bond motifs is 4. The average Bonchev–Trinajstić information content (AvgIpc) is 3.52. The third kappa shape index (κ3) is 3.42. The fraction of sp³-hybridized carbons (Fsp3) is 0.214. The van der Waals surface area contributed by atoms with Gasteiger partial charge in [-0.2, -0.15) is 8.42 Å². The summed E-state index contributed by atoms with van der Waals surface area (Å²) in [7, 11) is -4.90. The number of hydrogen-bond donors (Lipinski definition) is 1. The van der Waals surface area contributed by atoms with Gasteiger partial charge >= 0.3 is 10.2 Å². The molecular formula is C28H22FN3O3S. The zero-order chi connectivity index (χ0) is 25.2. The van der Waals surface area contributed by atoms with Crippen molar-refractivity contribution in [2.75, 3.05) is 0 Å². The third-order valence-corrected chi connectivity index (χ3v) is 8.04. The Morgan fingerprint density at radius 3 is 2.61 bits per heavy atom. The van der Waals surface area contributed by atoms with E-state index in [1.165, 1.54) is 12.3 Å². The smallest absolute Gasteiger partial charge is 0.333 e. The van der Waals surface area contributed by atoms with Crippen molar-refractivity contribution in [2.24, 2.45) is 0 Å². The number of halogens is 1. The second-order valence-electron chi connectivity index (χ2n) is 9.42. The van der Waals surface area contributed by atoms with E-state index in [0.717, 1.165) is 65.1 Å². The lowest BCUT2D eigenvalue weighted by Gasteiger charge is -2.21. The largest absolute Gasteiger partial charge is 0.340 e. The van der Waals surface area contributed by atoms with Crippen molar-refractivity contribution in [3.63, 3.8) is 0 Å². The van der Waals surface area contributed by atoms with Crippen molar-refractivity contribution in [1.29, 1.82) is 0 Å². The summed E-state index contributed by atoms with van der Waals surface area (Å²) in [6, 6.07) is 10.8. The van der Waals surface area contributed by atoms with Crippen LogP contribution >= 0.6 is 0 Å². The second kappa shape index (κ2) is 8.04. The normalized spacial score (nSPS) is 14.7. The van der Waals surface area contributed by atoms with Crippen molar-refractivity contribution in [3.8, 4) is 23.5 Å². The lowest BCUT2D eigenvalue weighted by Crippen LogP contribution is -2.15. The molecule has 1 fully saturated rings. The van der Waals surface area contributed by atoms with Gasteiger partial charge in [0.15, 0.2) is 5.43 Å².